The van der Waals surface area contributed by atoms with Crippen molar-refractivity contribution in [1.82, 2.24) is 34.7 Å². The van der Waals surface area contributed by atoms with Crippen molar-refractivity contribution in [3.05, 3.63) is 53.7 Å². The van der Waals surface area contributed by atoms with Crippen LogP contribution in [0.1, 0.15) is 46.6 Å². The zero-order valence-electron chi connectivity index (χ0n) is 19.0. The molecule has 2 unspecified atom stereocenters. The number of aromatic nitrogens is 7. The summed E-state index contributed by atoms with van der Waals surface area (Å²) in [6.07, 6.45) is 12.5. The van der Waals surface area contributed by atoms with E-state index in [9.17, 15) is 4.79 Å². The van der Waals surface area contributed by atoms with Crippen LogP contribution >= 0.6 is 0 Å². The quantitative estimate of drug-likeness (QED) is 0.495. The van der Waals surface area contributed by atoms with Gasteiger partial charge < -0.3 is 14.9 Å². The molecule has 0 aromatic carbocycles. The Hall–Kier alpha value is -3.49. The minimum Gasteiger partial charge on any atom is -0.351 e. The lowest BCUT2D eigenvalue weighted by molar-refractivity contribution is 0.196. The minimum atomic E-state index is -0.143. The van der Waals surface area contributed by atoms with Crippen LogP contribution in [0.3, 0.4) is 0 Å². The van der Waals surface area contributed by atoms with E-state index in [0.29, 0.717) is 5.82 Å². The van der Waals surface area contributed by atoms with Gasteiger partial charge in [-0.2, -0.15) is 5.10 Å². The van der Waals surface area contributed by atoms with Crippen molar-refractivity contribution >= 4 is 16.9 Å². The molecule has 9 heteroatoms. The van der Waals surface area contributed by atoms with Crippen LogP contribution < -0.4 is 10.5 Å². The van der Waals surface area contributed by atoms with Crippen molar-refractivity contribution in [3.8, 4) is 11.3 Å². The van der Waals surface area contributed by atoms with Crippen molar-refractivity contribution in [2.75, 3.05) is 18.0 Å². The Morgan fingerprint density at radius 2 is 2.03 bits per heavy atom. The Morgan fingerprint density at radius 3 is 2.81 bits per heavy atom. The SMILES string of the molecule is CC.CCC(n1cc(-c2ncnc3[nH]ccc23)cn1)C1(C)CCN(c2ncc[nH]c2=O)C1. The van der Waals surface area contributed by atoms with Gasteiger partial charge in [-0.1, -0.05) is 27.7 Å². The van der Waals surface area contributed by atoms with E-state index < -0.39 is 0 Å². The molecule has 4 aromatic heterocycles. The van der Waals surface area contributed by atoms with Gasteiger partial charge in [0.2, 0.25) is 0 Å². The maximum atomic E-state index is 12.2. The molecule has 2 N–H and O–H groups in total. The Kier molecular flexibility index (Phi) is 6.07. The second-order valence-electron chi connectivity index (χ2n) is 8.16. The van der Waals surface area contributed by atoms with Gasteiger partial charge in [-0.15, -0.1) is 0 Å². The van der Waals surface area contributed by atoms with Gasteiger partial charge in [0.05, 0.1) is 17.9 Å². The van der Waals surface area contributed by atoms with E-state index in [2.05, 4.69) is 54.5 Å². The van der Waals surface area contributed by atoms with Gasteiger partial charge in [-0.05, 0) is 18.9 Å². The van der Waals surface area contributed by atoms with Gasteiger partial charge in [-0.3, -0.25) is 9.48 Å². The van der Waals surface area contributed by atoms with E-state index in [1.165, 1.54) is 0 Å². The lowest BCUT2D eigenvalue weighted by Gasteiger charge is -2.33. The van der Waals surface area contributed by atoms with Gasteiger partial charge in [0.1, 0.15) is 12.0 Å². The van der Waals surface area contributed by atoms with Gasteiger partial charge in [-0.25, -0.2) is 15.0 Å². The molecule has 2 atom stereocenters. The molecule has 0 bridgehead atoms. The third kappa shape index (κ3) is 3.79. The van der Waals surface area contributed by atoms with Gasteiger partial charge in [0.15, 0.2) is 5.82 Å². The number of anilines is 1. The monoisotopic (exact) mass is 434 g/mol. The van der Waals surface area contributed by atoms with Crippen LogP contribution in [0.4, 0.5) is 5.82 Å². The topological polar surface area (TPSA) is 108 Å². The summed E-state index contributed by atoms with van der Waals surface area (Å²) in [5.41, 5.74) is 2.49. The fourth-order valence-corrected chi connectivity index (χ4v) is 4.74. The number of rotatable bonds is 5. The van der Waals surface area contributed by atoms with Crippen molar-refractivity contribution in [3.63, 3.8) is 0 Å². The Balaban J connectivity index is 0.00000119. The van der Waals surface area contributed by atoms with Crippen LogP contribution in [0.2, 0.25) is 0 Å². The molecule has 1 fully saturated rings. The summed E-state index contributed by atoms with van der Waals surface area (Å²) in [6.45, 7) is 10.0. The molecule has 5 heterocycles. The molecule has 0 aliphatic carbocycles. The first-order valence-electron chi connectivity index (χ1n) is 11.2. The van der Waals surface area contributed by atoms with E-state index in [1.807, 2.05) is 32.3 Å². The summed E-state index contributed by atoms with van der Waals surface area (Å²) in [7, 11) is 0. The van der Waals surface area contributed by atoms with Crippen LogP contribution in [0, 0.1) is 5.41 Å². The lowest BCUT2D eigenvalue weighted by atomic mass is 9.80. The Morgan fingerprint density at radius 1 is 1.19 bits per heavy atom. The van der Waals surface area contributed by atoms with Crippen LogP contribution in [-0.4, -0.2) is 47.8 Å². The Bertz CT molecular complexity index is 1240. The van der Waals surface area contributed by atoms with E-state index in [4.69, 9.17) is 5.10 Å². The number of nitrogens with zero attached hydrogens (tertiary/aromatic N) is 6. The van der Waals surface area contributed by atoms with Crippen LogP contribution in [-0.2, 0) is 0 Å². The van der Waals surface area contributed by atoms with Gasteiger partial charge in [0.25, 0.3) is 5.56 Å². The molecule has 168 valence electrons. The average molecular weight is 435 g/mol. The number of H-pyrrole nitrogens is 2. The molecule has 0 spiro atoms. The van der Waals surface area contributed by atoms with E-state index >= 15 is 0 Å². The number of fused-ring (bicyclic) bond motifs is 1. The van der Waals surface area contributed by atoms with E-state index in [1.54, 1.807) is 18.7 Å². The van der Waals surface area contributed by atoms with Gasteiger partial charge in [0, 0.05) is 54.2 Å². The molecule has 0 saturated carbocycles. The van der Waals surface area contributed by atoms with Crippen molar-refractivity contribution < 1.29 is 0 Å². The zero-order chi connectivity index (χ0) is 22.7. The molecule has 9 nitrogen and oxygen atoms in total. The second kappa shape index (κ2) is 8.94. The first kappa shape index (κ1) is 21.7. The Labute approximate surface area is 186 Å². The fourth-order valence-electron chi connectivity index (χ4n) is 4.74. The van der Waals surface area contributed by atoms with Crippen molar-refractivity contribution in [2.45, 2.75) is 46.6 Å². The van der Waals surface area contributed by atoms with Crippen molar-refractivity contribution in [1.29, 1.82) is 0 Å². The minimum absolute atomic E-state index is 0.0307. The maximum absolute atomic E-state index is 12.2. The smallest absolute Gasteiger partial charge is 0.290 e. The number of hydrogen-bond donors (Lipinski definition) is 2. The first-order valence-corrected chi connectivity index (χ1v) is 11.2. The summed E-state index contributed by atoms with van der Waals surface area (Å²) in [5.74, 6) is 0.494. The second-order valence-corrected chi connectivity index (χ2v) is 8.16. The lowest BCUT2D eigenvalue weighted by Crippen LogP contribution is -2.35. The predicted molar refractivity (Wildman–Crippen MR) is 126 cm³/mol. The molecule has 0 amide bonds. The van der Waals surface area contributed by atoms with E-state index in [-0.39, 0.29) is 17.0 Å². The number of nitrogens with one attached hydrogen (secondary N) is 2. The standard InChI is InChI=1S/C21H24N8O.C2H6/c1-3-16(21(2)5-9-28(12-21)19-20(30)24-8-7-23-19)29-11-14(10-27-29)17-15-4-6-22-18(15)26-13-25-17;1-2/h4,6-8,10-11,13,16H,3,5,9,12H2,1-2H3,(H,24,30)(H,22,25,26);1-2H3. The highest BCUT2D eigenvalue weighted by Gasteiger charge is 2.42. The summed E-state index contributed by atoms with van der Waals surface area (Å²) < 4.78 is 2.06. The summed E-state index contributed by atoms with van der Waals surface area (Å²) in [5, 5.41) is 5.69. The average Bonchev–Trinajstić information content (AvgIpc) is 3.56. The molecular formula is C23H30N8O. The third-order valence-electron chi connectivity index (χ3n) is 6.23. The molecule has 1 aliphatic heterocycles. The number of hydrogen-bond acceptors (Lipinski definition) is 6. The normalized spacial score (nSPS) is 19.1. The molecule has 1 aliphatic rings. The molecule has 32 heavy (non-hydrogen) atoms. The molecule has 4 aromatic rings. The van der Waals surface area contributed by atoms with Crippen molar-refractivity contribution in [2.24, 2.45) is 5.41 Å². The molecule has 5 rings (SSSR count). The third-order valence-corrected chi connectivity index (χ3v) is 6.23. The first-order chi connectivity index (χ1) is 15.6. The number of aromatic amines is 2. The summed E-state index contributed by atoms with van der Waals surface area (Å²) in [4.78, 5) is 33.2. The van der Waals surface area contributed by atoms with Crippen LogP contribution in [0.15, 0.2) is 48.2 Å². The van der Waals surface area contributed by atoms with E-state index in [0.717, 1.165) is 48.2 Å². The maximum Gasteiger partial charge on any atom is 0.290 e. The largest absolute Gasteiger partial charge is 0.351 e. The molecular weight excluding hydrogens is 404 g/mol. The summed E-state index contributed by atoms with van der Waals surface area (Å²) in [6, 6.07) is 2.18. The highest BCUT2D eigenvalue weighted by Crippen LogP contribution is 2.43. The highest BCUT2D eigenvalue weighted by atomic mass is 16.1. The zero-order valence-corrected chi connectivity index (χ0v) is 19.0. The van der Waals surface area contributed by atoms with Crippen LogP contribution in [0.5, 0.6) is 0 Å². The fraction of sp³-hybridized carbons (Fsp3) is 0.435. The molecule has 0 radical (unpaired) electrons. The van der Waals surface area contributed by atoms with Crippen LogP contribution in [0.25, 0.3) is 22.3 Å². The summed E-state index contributed by atoms with van der Waals surface area (Å²) >= 11 is 0. The molecule has 1 saturated heterocycles. The predicted octanol–water partition coefficient (Wildman–Crippen LogP) is 3.80. The highest BCUT2D eigenvalue weighted by molar-refractivity contribution is 5.89. The van der Waals surface area contributed by atoms with Gasteiger partial charge >= 0.3 is 0 Å².